The number of nitrogens with zero attached hydrogens (tertiary/aromatic N) is 1. The van der Waals surface area contributed by atoms with Gasteiger partial charge in [-0.1, -0.05) is 66.2 Å². The van der Waals surface area contributed by atoms with E-state index in [0.717, 1.165) is 51.4 Å². The summed E-state index contributed by atoms with van der Waals surface area (Å²) in [6.07, 6.45) is 7.41. The minimum Gasteiger partial charge on any atom is -0.462 e. The second-order valence-corrected chi connectivity index (χ2v) is 12.4. The highest BCUT2D eigenvalue weighted by Gasteiger charge is 2.23. The number of amides is 2. The van der Waals surface area contributed by atoms with Crippen molar-refractivity contribution >= 4 is 58.1 Å². The van der Waals surface area contributed by atoms with Gasteiger partial charge in [-0.3, -0.25) is 24.6 Å². The third kappa shape index (κ3) is 14.3. The molecule has 12 nitrogen and oxygen atoms in total. The molecule has 2 unspecified atom stereocenters. The number of hydrogen-bond acceptors (Lipinski definition) is 10. The molecule has 12 heteroatoms. The van der Waals surface area contributed by atoms with Crippen molar-refractivity contribution in [2.24, 2.45) is 16.9 Å². The van der Waals surface area contributed by atoms with Crippen LogP contribution >= 0.6 is 0 Å². The maximum absolute atomic E-state index is 13.4. The summed E-state index contributed by atoms with van der Waals surface area (Å²) in [7, 11) is 0. The van der Waals surface area contributed by atoms with E-state index < -0.39 is 35.2 Å². The number of nitrogens with one attached hydrogen (secondary N) is 3. The van der Waals surface area contributed by atoms with E-state index in [0.29, 0.717) is 11.4 Å². The molecule has 2 rings (SSSR count). The van der Waals surface area contributed by atoms with Crippen molar-refractivity contribution in [3.63, 3.8) is 0 Å². The van der Waals surface area contributed by atoms with E-state index in [1.54, 1.807) is 0 Å². The van der Waals surface area contributed by atoms with Crippen LogP contribution in [-0.4, -0.2) is 54.2 Å². The minimum atomic E-state index is -0.801. The third-order valence-electron chi connectivity index (χ3n) is 8.13. The Morgan fingerprint density at radius 1 is 0.680 bits per heavy atom. The fraction of sp³-hybridized carbons (Fsp3) is 0.500. The molecule has 2 aromatic rings. The number of rotatable bonds is 22. The van der Waals surface area contributed by atoms with E-state index in [2.05, 4.69) is 35.0 Å². The average molecular weight is 693 g/mol. The van der Waals surface area contributed by atoms with Crippen LogP contribution in [0.5, 0.6) is 0 Å². The predicted octanol–water partition coefficient (Wildman–Crippen LogP) is 7.35. The van der Waals surface area contributed by atoms with E-state index in [1.807, 2.05) is 13.8 Å². The molecule has 2 amide bonds. The molecule has 0 fully saturated rings. The number of unbranched alkanes of at least 4 members (excludes halogenated alkanes) is 2. The van der Waals surface area contributed by atoms with Gasteiger partial charge in [-0.05, 0) is 74.1 Å². The summed E-state index contributed by atoms with van der Waals surface area (Å²) in [6, 6.07) is 10.4. The fourth-order valence-corrected chi connectivity index (χ4v) is 4.97. The number of ether oxygens (including phenoxy) is 2. The third-order valence-corrected chi connectivity index (χ3v) is 8.13. The maximum Gasteiger partial charge on any atom is 0.339 e. The predicted molar refractivity (Wildman–Crippen MR) is 194 cm³/mol. The lowest BCUT2D eigenvalue weighted by Crippen LogP contribution is -2.29. The first-order chi connectivity index (χ1) is 23.9. The maximum atomic E-state index is 13.4. The fourth-order valence-electron chi connectivity index (χ4n) is 4.97. The zero-order valence-corrected chi connectivity index (χ0v) is 30.2. The van der Waals surface area contributed by atoms with Crippen LogP contribution in [-0.2, 0) is 28.7 Å². The van der Waals surface area contributed by atoms with Crippen molar-refractivity contribution < 1.29 is 38.2 Å². The Labute approximate surface area is 295 Å². The van der Waals surface area contributed by atoms with Gasteiger partial charge in [0.25, 0.3) is 5.91 Å². The Hall–Kier alpha value is -4.87. The van der Waals surface area contributed by atoms with Crippen molar-refractivity contribution in [3.8, 4) is 0 Å². The van der Waals surface area contributed by atoms with Crippen LogP contribution in [0.3, 0.4) is 0 Å². The van der Waals surface area contributed by atoms with Crippen LogP contribution in [0.15, 0.2) is 47.6 Å². The Kier molecular flexibility index (Phi) is 18.1. The number of hydrazone groups is 1. The van der Waals surface area contributed by atoms with Gasteiger partial charge in [0.2, 0.25) is 5.91 Å². The molecule has 0 heterocycles. The molecule has 272 valence electrons. The molecule has 0 radical (unpaired) electrons. The van der Waals surface area contributed by atoms with Crippen LogP contribution in [0, 0.1) is 11.8 Å². The average Bonchev–Trinajstić information content (AvgIpc) is 3.08. The first-order valence-electron chi connectivity index (χ1n) is 17.5. The van der Waals surface area contributed by atoms with Crippen LogP contribution in [0.4, 0.5) is 17.1 Å². The molecule has 3 N–H and O–H groups in total. The molecule has 0 saturated carbocycles. The van der Waals surface area contributed by atoms with E-state index >= 15 is 0 Å². The summed E-state index contributed by atoms with van der Waals surface area (Å²) in [5.74, 6) is -3.11. The van der Waals surface area contributed by atoms with E-state index in [1.165, 1.54) is 56.3 Å². The first-order valence-corrected chi connectivity index (χ1v) is 17.5. The summed E-state index contributed by atoms with van der Waals surface area (Å²) < 4.78 is 11.3. The number of carbonyl (C=O) groups excluding carboxylic acids is 6. The van der Waals surface area contributed by atoms with Gasteiger partial charge in [0.05, 0.1) is 36.4 Å². The van der Waals surface area contributed by atoms with Crippen LogP contribution < -0.4 is 16.1 Å². The number of hydrogen-bond donors (Lipinski definition) is 3. The number of benzene rings is 2. The van der Waals surface area contributed by atoms with Gasteiger partial charge in [-0.25, -0.2) is 9.59 Å². The number of carbonyl (C=O) groups is 6. The molecule has 2 atom stereocenters. The Morgan fingerprint density at radius 2 is 1.18 bits per heavy atom. The number of ketones is 2. The molecule has 50 heavy (non-hydrogen) atoms. The summed E-state index contributed by atoms with van der Waals surface area (Å²) in [5, 5.41) is 9.18. The molecule has 0 spiro atoms. The Balaban J connectivity index is 2.27. The Bertz CT molecular complexity index is 1500. The molecular weight excluding hydrogens is 640 g/mol. The molecule has 0 saturated heterocycles. The summed E-state index contributed by atoms with van der Waals surface area (Å²) in [5.41, 5.74) is 3.21. The normalized spacial score (nSPS) is 12.3. The van der Waals surface area contributed by atoms with Gasteiger partial charge in [-0.15, -0.1) is 0 Å². The molecular formula is C38H52N4O8. The lowest BCUT2D eigenvalue weighted by Gasteiger charge is -2.17. The summed E-state index contributed by atoms with van der Waals surface area (Å²) in [4.78, 5) is 75.0. The zero-order chi connectivity index (χ0) is 37.1. The largest absolute Gasteiger partial charge is 0.462 e. The van der Waals surface area contributed by atoms with Gasteiger partial charge in [0, 0.05) is 18.3 Å². The quantitative estimate of drug-likeness (QED) is 0.0494. The highest BCUT2D eigenvalue weighted by atomic mass is 16.5. The van der Waals surface area contributed by atoms with Crippen molar-refractivity contribution in [3.05, 3.63) is 53.6 Å². The van der Waals surface area contributed by atoms with Crippen LogP contribution in [0.2, 0.25) is 0 Å². The molecule has 0 aromatic heterocycles. The SMILES string of the molecule is CCCCC(CC)COC(=O)c1ccc(N/N=C(/C(C)=O)C(=O)Nc2ccc(NC(=O)CC(C)=O)cc2)cc1C(=O)OCC(CC)CCCC. The summed E-state index contributed by atoms with van der Waals surface area (Å²) >= 11 is 0. The Morgan fingerprint density at radius 3 is 1.66 bits per heavy atom. The van der Waals surface area contributed by atoms with Crippen LogP contribution in [0.25, 0.3) is 0 Å². The summed E-state index contributed by atoms with van der Waals surface area (Å²) in [6.45, 7) is 11.2. The first kappa shape index (κ1) is 41.3. The van der Waals surface area contributed by atoms with Crippen molar-refractivity contribution in [1.82, 2.24) is 0 Å². The van der Waals surface area contributed by atoms with Crippen LogP contribution in [0.1, 0.15) is 120 Å². The van der Waals surface area contributed by atoms with Crippen molar-refractivity contribution in [1.29, 1.82) is 0 Å². The molecule has 0 bridgehead atoms. The van der Waals surface area contributed by atoms with Crippen molar-refractivity contribution in [2.45, 2.75) is 99.3 Å². The van der Waals surface area contributed by atoms with E-state index in [4.69, 9.17) is 9.47 Å². The van der Waals surface area contributed by atoms with E-state index in [9.17, 15) is 28.8 Å². The highest BCUT2D eigenvalue weighted by Crippen LogP contribution is 2.22. The smallest absolute Gasteiger partial charge is 0.339 e. The monoisotopic (exact) mass is 692 g/mol. The van der Waals surface area contributed by atoms with Gasteiger partial charge >= 0.3 is 11.9 Å². The van der Waals surface area contributed by atoms with Crippen molar-refractivity contribution in [2.75, 3.05) is 29.3 Å². The number of Topliss-reactive ketones (excluding diaryl/α,β-unsaturated/α-hetero) is 2. The standard InChI is InChI=1S/C38H52N4O8/c1-7-11-13-27(9-3)23-49-37(47)32-20-19-31(22-33(32)38(48)50-24-28(10-4)14-12-8-2)41-42-35(26(6)44)36(46)40-30-17-15-29(16-18-30)39-34(45)21-25(5)43/h15-20,22,27-28,41H,7-14,21,23-24H2,1-6H3,(H,39,45)(H,40,46)/b42-35-. The van der Waals surface area contributed by atoms with Gasteiger partial charge in [-0.2, -0.15) is 5.10 Å². The second kappa shape index (κ2) is 22.0. The molecule has 0 aliphatic carbocycles. The number of anilines is 3. The van der Waals surface area contributed by atoms with E-state index in [-0.39, 0.29) is 54.1 Å². The second-order valence-electron chi connectivity index (χ2n) is 12.4. The highest BCUT2D eigenvalue weighted by molar-refractivity contribution is 6.67. The topological polar surface area (TPSA) is 169 Å². The molecule has 2 aromatic carbocycles. The lowest BCUT2D eigenvalue weighted by molar-refractivity contribution is -0.124. The number of esters is 2. The lowest BCUT2D eigenvalue weighted by atomic mass is 10.0. The van der Waals surface area contributed by atoms with Gasteiger partial charge < -0.3 is 20.1 Å². The molecule has 0 aliphatic heterocycles. The minimum absolute atomic E-state index is 0.0218. The van der Waals surface area contributed by atoms with Gasteiger partial charge in [0.1, 0.15) is 5.78 Å². The van der Waals surface area contributed by atoms with Gasteiger partial charge in [0.15, 0.2) is 11.5 Å². The zero-order valence-electron chi connectivity index (χ0n) is 30.2. The molecule has 0 aliphatic rings.